The van der Waals surface area contributed by atoms with E-state index in [9.17, 15) is 22.4 Å². The normalized spacial score (nSPS) is 13.1. The third kappa shape index (κ3) is 4.96. The van der Waals surface area contributed by atoms with Crippen molar-refractivity contribution < 1.29 is 27.1 Å². The van der Waals surface area contributed by atoms with Gasteiger partial charge in [0.15, 0.2) is 0 Å². The second-order valence-corrected chi connectivity index (χ2v) is 5.73. The molecule has 118 valence electrons. The first-order chi connectivity index (χ1) is 9.66. The molecule has 1 rings (SSSR count). The molecule has 0 fully saturated rings. The summed E-state index contributed by atoms with van der Waals surface area (Å²) in [5.41, 5.74) is -1.67. The molecule has 0 aliphatic rings. The van der Waals surface area contributed by atoms with Crippen LogP contribution in [-0.2, 0) is 10.9 Å². The fourth-order valence-corrected chi connectivity index (χ4v) is 2.41. The zero-order valence-corrected chi connectivity index (χ0v) is 13.0. The molecule has 8 heteroatoms. The summed E-state index contributed by atoms with van der Waals surface area (Å²) >= 11 is 3.28. The fraction of sp³-hybridized carbons (Fsp3) is 0.462. The van der Waals surface area contributed by atoms with Gasteiger partial charge in [-0.2, -0.15) is 13.2 Å². The maximum Gasteiger partial charge on any atom is 0.419 e. The lowest BCUT2D eigenvalue weighted by atomic mass is 10.1. The van der Waals surface area contributed by atoms with Crippen molar-refractivity contribution in [2.45, 2.75) is 11.0 Å². The lowest BCUT2D eigenvalue weighted by Crippen LogP contribution is -2.33. The van der Waals surface area contributed by atoms with Crippen molar-refractivity contribution in [3.63, 3.8) is 0 Å². The van der Waals surface area contributed by atoms with Crippen LogP contribution in [0.1, 0.15) is 15.9 Å². The van der Waals surface area contributed by atoms with Crippen molar-refractivity contribution in [1.29, 1.82) is 0 Å². The highest BCUT2D eigenvalue weighted by atomic mass is 79.9. The number of nitrogens with zero attached hydrogens (tertiary/aromatic N) is 1. The van der Waals surface area contributed by atoms with Crippen molar-refractivity contribution in [1.82, 2.24) is 4.90 Å². The Kier molecular flexibility index (Phi) is 6.15. The largest absolute Gasteiger partial charge is 0.419 e. The van der Waals surface area contributed by atoms with Gasteiger partial charge in [0.2, 0.25) is 0 Å². The van der Waals surface area contributed by atoms with Gasteiger partial charge in [0, 0.05) is 26.3 Å². The van der Waals surface area contributed by atoms with Gasteiger partial charge in [0.25, 0.3) is 5.91 Å². The van der Waals surface area contributed by atoms with Gasteiger partial charge in [-0.25, -0.2) is 4.39 Å². The van der Waals surface area contributed by atoms with Crippen LogP contribution in [-0.4, -0.2) is 42.9 Å². The Labute approximate surface area is 128 Å². The molecular formula is C13H14BrF4NO2. The molecule has 0 aliphatic carbocycles. The lowest BCUT2D eigenvalue weighted by Gasteiger charge is -2.21. The Bertz CT molecular complexity index is 507. The molecular weight excluding hydrogens is 358 g/mol. The molecule has 1 unspecified atom stereocenters. The van der Waals surface area contributed by atoms with Crippen molar-refractivity contribution >= 4 is 21.8 Å². The van der Waals surface area contributed by atoms with Gasteiger partial charge in [-0.05, 0) is 18.2 Å². The van der Waals surface area contributed by atoms with Crippen LogP contribution in [0.25, 0.3) is 0 Å². The Morgan fingerprint density at radius 1 is 1.43 bits per heavy atom. The van der Waals surface area contributed by atoms with E-state index in [-0.39, 0.29) is 16.9 Å². The Balaban J connectivity index is 2.93. The molecule has 0 radical (unpaired) electrons. The van der Waals surface area contributed by atoms with Crippen LogP contribution in [0.15, 0.2) is 18.2 Å². The predicted octanol–water partition coefficient (Wildman–Crippen LogP) is 3.33. The van der Waals surface area contributed by atoms with Gasteiger partial charge in [-0.15, -0.1) is 0 Å². The standard InChI is InChI=1S/C13H14BrF4NO2/c1-19(6-9(14)7-21-2)12(20)8-3-4-11(15)10(5-8)13(16,17)18/h3-5,9H,6-7H2,1-2H3. The molecule has 0 saturated carbocycles. The van der Waals surface area contributed by atoms with E-state index in [4.69, 9.17) is 4.74 Å². The first-order valence-corrected chi connectivity index (χ1v) is 6.83. The number of benzene rings is 1. The number of methoxy groups -OCH3 is 1. The monoisotopic (exact) mass is 371 g/mol. The van der Waals surface area contributed by atoms with E-state index in [1.165, 1.54) is 19.1 Å². The molecule has 0 aliphatic heterocycles. The molecule has 0 heterocycles. The average molecular weight is 372 g/mol. The summed E-state index contributed by atoms with van der Waals surface area (Å²) in [7, 11) is 2.94. The molecule has 1 atom stereocenters. The van der Waals surface area contributed by atoms with Gasteiger partial charge in [-0.1, -0.05) is 15.9 Å². The molecule has 1 amide bonds. The van der Waals surface area contributed by atoms with Crippen LogP contribution < -0.4 is 0 Å². The van der Waals surface area contributed by atoms with Crippen LogP contribution in [0.2, 0.25) is 0 Å². The minimum absolute atomic E-state index is 0.154. The van der Waals surface area contributed by atoms with Crippen molar-refractivity contribution in [3.8, 4) is 0 Å². The minimum Gasteiger partial charge on any atom is -0.383 e. The number of ether oxygens (including phenoxy) is 1. The molecule has 3 nitrogen and oxygen atoms in total. The van der Waals surface area contributed by atoms with E-state index >= 15 is 0 Å². The van der Waals surface area contributed by atoms with Crippen molar-refractivity contribution in [2.24, 2.45) is 0 Å². The molecule has 21 heavy (non-hydrogen) atoms. The van der Waals surface area contributed by atoms with Gasteiger partial charge < -0.3 is 9.64 Å². The van der Waals surface area contributed by atoms with Gasteiger partial charge in [0.05, 0.1) is 17.0 Å². The summed E-state index contributed by atoms with van der Waals surface area (Å²) in [6.45, 7) is 0.584. The fourth-order valence-electron chi connectivity index (χ4n) is 1.71. The molecule has 1 aromatic carbocycles. The van der Waals surface area contributed by atoms with Crippen LogP contribution in [0.3, 0.4) is 0 Å². The average Bonchev–Trinajstić information content (AvgIpc) is 2.37. The Morgan fingerprint density at radius 2 is 2.05 bits per heavy atom. The summed E-state index contributed by atoms with van der Waals surface area (Å²) in [5.74, 6) is -2.03. The van der Waals surface area contributed by atoms with Crippen LogP contribution in [0.4, 0.5) is 17.6 Å². The minimum atomic E-state index is -4.84. The van der Waals surface area contributed by atoms with E-state index in [1.54, 1.807) is 0 Å². The van der Waals surface area contributed by atoms with Crippen molar-refractivity contribution in [3.05, 3.63) is 35.1 Å². The predicted molar refractivity (Wildman–Crippen MR) is 73.0 cm³/mol. The lowest BCUT2D eigenvalue weighted by molar-refractivity contribution is -0.140. The van der Waals surface area contributed by atoms with Crippen LogP contribution >= 0.6 is 15.9 Å². The third-order valence-corrected chi connectivity index (χ3v) is 3.24. The SMILES string of the molecule is COCC(Br)CN(C)C(=O)c1ccc(F)c(C(F)(F)F)c1. The molecule has 0 spiro atoms. The highest BCUT2D eigenvalue weighted by molar-refractivity contribution is 9.09. The van der Waals surface area contributed by atoms with Gasteiger partial charge in [-0.3, -0.25) is 4.79 Å². The van der Waals surface area contributed by atoms with E-state index in [1.807, 2.05) is 0 Å². The Morgan fingerprint density at radius 3 is 2.57 bits per heavy atom. The summed E-state index contributed by atoms with van der Waals surface area (Å²) in [6.07, 6.45) is -4.84. The van der Waals surface area contributed by atoms with E-state index in [0.29, 0.717) is 18.7 Å². The topological polar surface area (TPSA) is 29.5 Å². The molecule has 0 saturated heterocycles. The Hall–Kier alpha value is -1.15. The molecule has 0 N–H and O–H groups in total. The zero-order valence-electron chi connectivity index (χ0n) is 11.4. The number of carbonyl (C=O) groups excluding carboxylic acids is 1. The van der Waals surface area contributed by atoms with Crippen LogP contribution in [0, 0.1) is 5.82 Å². The second-order valence-electron chi connectivity index (χ2n) is 4.43. The number of alkyl halides is 4. The summed E-state index contributed by atoms with van der Waals surface area (Å²) in [5, 5.41) is 0. The van der Waals surface area contributed by atoms with Crippen LogP contribution in [0.5, 0.6) is 0 Å². The highest BCUT2D eigenvalue weighted by Crippen LogP contribution is 2.32. The maximum absolute atomic E-state index is 13.2. The van der Waals surface area contributed by atoms with E-state index < -0.39 is 23.5 Å². The summed E-state index contributed by atoms with van der Waals surface area (Å²) in [6, 6.07) is 2.20. The molecule has 0 aromatic heterocycles. The summed E-state index contributed by atoms with van der Waals surface area (Å²) < 4.78 is 55.9. The number of halogens is 5. The summed E-state index contributed by atoms with van der Waals surface area (Å²) in [4.78, 5) is 13.1. The zero-order chi connectivity index (χ0) is 16.2. The van der Waals surface area contributed by atoms with E-state index in [2.05, 4.69) is 15.9 Å². The molecule has 0 bridgehead atoms. The highest BCUT2D eigenvalue weighted by Gasteiger charge is 2.35. The number of amides is 1. The quantitative estimate of drug-likeness (QED) is 0.586. The number of carbonyl (C=O) groups is 1. The first-order valence-electron chi connectivity index (χ1n) is 5.92. The number of hydrogen-bond acceptors (Lipinski definition) is 2. The maximum atomic E-state index is 13.2. The smallest absolute Gasteiger partial charge is 0.383 e. The van der Waals surface area contributed by atoms with Gasteiger partial charge >= 0.3 is 6.18 Å². The number of hydrogen-bond donors (Lipinski definition) is 0. The van der Waals surface area contributed by atoms with Crippen molar-refractivity contribution in [2.75, 3.05) is 27.3 Å². The second kappa shape index (κ2) is 7.22. The molecule has 1 aromatic rings. The third-order valence-electron chi connectivity index (χ3n) is 2.68. The first kappa shape index (κ1) is 17.9. The number of rotatable bonds is 5. The van der Waals surface area contributed by atoms with Gasteiger partial charge in [0.1, 0.15) is 5.82 Å². The van der Waals surface area contributed by atoms with E-state index in [0.717, 1.165) is 6.07 Å².